The number of esters is 1. The molecule has 3 aliphatic rings. The van der Waals surface area contributed by atoms with E-state index in [-0.39, 0.29) is 58.0 Å². The fraction of sp³-hybridized carbons (Fsp3) is 0.684. The van der Waals surface area contributed by atoms with Gasteiger partial charge in [0.2, 0.25) is 59.1 Å². The van der Waals surface area contributed by atoms with Crippen LogP contribution in [0.2, 0.25) is 0 Å². The number of nitrogens with zero attached hydrogens (tertiary/aromatic N) is 5. The summed E-state index contributed by atoms with van der Waals surface area (Å²) in [5.74, 6) is -11.4. The molecule has 0 bridgehead atoms. The molecular weight excluding hydrogens is 1050 g/mol. The second kappa shape index (κ2) is 30.6. The minimum absolute atomic E-state index is 0.0448. The van der Waals surface area contributed by atoms with Crippen molar-refractivity contribution in [3.63, 3.8) is 0 Å². The molecular formula is C57H89N11O13. The molecule has 3 unspecified atom stereocenters. The maximum Gasteiger partial charge on any atom is 0.329 e. The number of rotatable bonds is 14. The molecule has 8 N–H and O–H groups in total. The second-order valence-corrected chi connectivity index (χ2v) is 22.7. The molecule has 24 heteroatoms. The van der Waals surface area contributed by atoms with E-state index in [1.54, 1.807) is 78.8 Å². The smallest absolute Gasteiger partial charge is 0.329 e. The summed E-state index contributed by atoms with van der Waals surface area (Å²) < 4.78 is 6.01. The molecule has 81 heavy (non-hydrogen) atoms. The highest BCUT2D eigenvalue weighted by Crippen LogP contribution is 2.26. The van der Waals surface area contributed by atoms with Gasteiger partial charge in [0.25, 0.3) is 5.91 Å². The summed E-state index contributed by atoms with van der Waals surface area (Å²) in [6, 6.07) is -1.43. The van der Waals surface area contributed by atoms with Gasteiger partial charge in [0.1, 0.15) is 48.3 Å². The number of benzene rings is 1. The van der Waals surface area contributed by atoms with Crippen LogP contribution >= 0.6 is 0 Å². The van der Waals surface area contributed by atoms with E-state index in [0.717, 1.165) is 14.7 Å². The highest BCUT2D eigenvalue weighted by molar-refractivity contribution is 5.99. The third-order valence-electron chi connectivity index (χ3n) is 16.1. The number of amides is 11. The van der Waals surface area contributed by atoms with E-state index in [9.17, 15) is 57.5 Å². The first-order valence-electron chi connectivity index (χ1n) is 28.6. The van der Waals surface area contributed by atoms with Gasteiger partial charge in [-0.05, 0) is 74.7 Å². The molecule has 3 fully saturated rings. The van der Waals surface area contributed by atoms with Gasteiger partial charge in [0.15, 0.2) is 6.10 Å². The first-order valence-corrected chi connectivity index (χ1v) is 28.6. The SMILES string of the molecule is CCC(C)C1OC(=O)[C@H](CCC(N)=O)N(C)C(=O)[C@H](C(C)C)NC(=O)C2CCCCN2C(=O)[C@H]([C@H](C)CC)NC(=O)[C@H](CCC(N)=O)N(C)C(=O)[C@H](C(C)C)N(C)C(=O)CNC(=O)[C@@H]2CCCN2C(=O)[C@@H](Cc2ccccc2)NC1=O. The fourth-order valence-corrected chi connectivity index (χ4v) is 10.7. The molecule has 0 radical (unpaired) electrons. The Morgan fingerprint density at radius 1 is 0.593 bits per heavy atom. The molecule has 3 aliphatic heterocycles. The van der Waals surface area contributed by atoms with Crippen molar-refractivity contribution in [2.24, 2.45) is 35.1 Å². The molecule has 1 aromatic carbocycles. The van der Waals surface area contributed by atoms with Crippen LogP contribution in [0.15, 0.2) is 30.3 Å². The molecule has 0 saturated carbocycles. The van der Waals surface area contributed by atoms with E-state index < -0.39 is 156 Å². The lowest BCUT2D eigenvalue weighted by Gasteiger charge is -2.40. The van der Waals surface area contributed by atoms with Crippen LogP contribution in [0.4, 0.5) is 0 Å². The quantitative estimate of drug-likeness (QED) is 0.139. The lowest BCUT2D eigenvalue weighted by Crippen LogP contribution is -2.63. The Morgan fingerprint density at radius 3 is 1.72 bits per heavy atom. The number of ether oxygens (including phenoxy) is 1. The predicted octanol–water partition coefficient (Wildman–Crippen LogP) is 0.513. The average molecular weight is 1140 g/mol. The summed E-state index contributed by atoms with van der Waals surface area (Å²) in [4.78, 5) is 176. The minimum Gasteiger partial charge on any atom is -0.450 e. The summed E-state index contributed by atoms with van der Waals surface area (Å²) >= 11 is 0. The number of nitrogens with two attached hydrogens (primary N) is 2. The zero-order valence-corrected chi connectivity index (χ0v) is 49.2. The Bertz CT molecular complexity index is 2440. The van der Waals surface area contributed by atoms with Gasteiger partial charge < -0.3 is 62.0 Å². The maximum atomic E-state index is 14.9. The first kappa shape index (κ1) is 66.4. The van der Waals surface area contributed by atoms with Gasteiger partial charge in [-0.3, -0.25) is 52.7 Å². The first-order chi connectivity index (χ1) is 38.2. The van der Waals surface area contributed by atoms with Crippen LogP contribution < -0.4 is 32.7 Å². The summed E-state index contributed by atoms with van der Waals surface area (Å²) in [5, 5.41) is 11.1. The van der Waals surface area contributed by atoms with E-state index >= 15 is 0 Å². The molecule has 0 aliphatic carbocycles. The van der Waals surface area contributed by atoms with E-state index in [2.05, 4.69) is 21.3 Å². The van der Waals surface area contributed by atoms with Gasteiger partial charge in [-0.2, -0.15) is 0 Å². The highest BCUT2D eigenvalue weighted by Gasteiger charge is 2.45. The Balaban J connectivity index is 1.87. The fourth-order valence-electron chi connectivity index (χ4n) is 10.7. The third-order valence-corrected chi connectivity index (χ3v) is 16.1. The number of piperidine rings is 1. The predicted molar refractivity (Wildman–Crippen MR) is 298 cm³/mol. The Kier molecular flexibility index (Phi) is 25.1. The van der Waals surface area contributed by atoms with E-state index in [1.807, 2.05) is 6.92 Å². The summed E-state index contributed by atoms with van der Waals surface area (Å²) in [6.07, 6.45) is -0.424. The van der Waals surface area contributed by atoms with Crippen molar-refractivity contribution in [1.82, 2.24) is 45.8 Å². The molecule has 3 heterocycles. The zero-order valence-electron chi connectivity index (χ0n) is 49.2. The molecule has 24 nitrogen and oxygen atoms in total. The summed E-state index contributed by atoms with van der Waals surface area (Å²) in [7, 11) is 4.01. The van der Waals surface area contributed by atoms with Crippen molar-refractivity contribution in [2.45, 2.75) is 187 Å². The number of cyclic esters (lactones) is 1. The van der Waals surface area contributed by atoms with E-state index in [0.29, 0.717) is 37.7 Å². The molecule has 0 aromatic heterocycles. The van der Waals surface area contributed by atoms with E-state index in [4.69, 9.17) is 16.2 Å². The molecule has 1 aromatic rings. The number of fused-ring (bicyclic) bond motifs is 2. The number of likely N-dealkylation sites (N-methyl/N-ethyl adjacent to an activating group) is 3. The van der Waals surface area contributed by atoms with Gasteiger partial charge in [0, 0.05) is 59.4 Å². The largest absolute Gasteiger partial charge is 0.450 e. The zero-order chi connectivity index (χ0) is 60.6. The van der Waals surface area contributed by atoms with Crippen LogP contribution in [0.1, 0.15) is 132 Å². The van der Waals surface area contributed by atoms with Crippen molar-refractivity contribution in [3.05, 3.63) is 35.9 Å². The van der Waals surface area contributed by atoms with Crippen molar-refractivity contribution >= 4 is 70.9 Å². The monoisotopic (exact) mass is 1140 g/mol. The van der Waals surface area contributed by atoms with Crippen molar-refractivity contribution < 1.29 is 62.3 Å². The number of hydrogen-bond donors (Lipinski definition) is 6. The van der Waals surface area contributed by atoms with E-state index in [1.165, 1.54) is 30.9 Å². The van der Waals surface area contributed by atoms with Gasteiger partial charge in [-0.1, -0.05) is 92.1 Å². The normalized spacial score (nSPS) is 27.0. The lowest BCUT2D eigenvalue weighted by molar-refractivity contribution is -0.167. The second-order valence-electron chi connectivity index (χ2n) is 22.7. The number of nitrogens with one attached hydrogen (secondary N) is 4. The Labute approximate surface area is 476 Å². The number of carbonyl (C=O) groups excluding carboxylic acids is 12. The topological polar surface area (TPSA) is 330 Å². The number of primary amides is 2. The van der Waals surface area contributed by atoms with Crippen LogP contribution in [0, 0.1) is 23.7 Å². The molecule has 450 valence electrons. The minimum atomic E-state index is -1.55. The summed E-state index contributed by atoms with van der Waals surface area (Å²) in [5.41, 5.74) is 11.8. The highest BCUT2D eigenvalue weighted by atomic mass is 16.6. The lowest BCUT2D eigenvalue weighted by atomic mass is 9.93. The maximum absolute atomic E-state index is 14.9. The third kappa shape index (κ3) is 17.4. The van der Waals surface area contributed by atoms with Gasteiger partial charge >= 0.3 is 5.97 Å². The Hall–Kier alpha value is -7.14. The molecule has 11 amide bonds. The number of carbonyl (C=O) groups is 12. The molecule has 11 atom stereocenters. The van der Waals surface area contributed by atoms with Crippen molar-refractivity contribution in [2.75, 3.05) is 40.8 Å². The number of hydrogen-bond acceptors (Lipinski definition) is 13. The van der Waals surface area contributed by atoms with Gasteiger partial charge in [0.05, 0.1) is 6.54 Å². The van der Waals surface area contributed by atoms with Crippen LogP contribution in [-0.4, -0.2) is 191 Å². The molecule has 4 rings (SSSR count). The van der Waals surface area contributed by atoms with Crippen LogP contribution in [0.3, 0.4) is 0 Å². The van der Waals surface area contributed by atoms with Crippen LogP contribution in [-0.2, 0) is 68.7 Å². The van der Waals surface area contributed by atoms with Crippen molar-refractivity contribution in [3.8, 4) is 0 Å². The molecule has 0 spiro atoms. The van der Waals surface area contributed by atoms with Gasteiger partial charge in [-0.25, -0.2) is 4.79 Å². The summed E-state index contributed by atoms with van der Waals surface area (Å²) in [6.45, 7) is 13.3. The average Bonchev–Trinajstić information content (AvgIpc) is 3.96. The van der Waals surface area contributed by atoms with Crippen LogP contribution in [0.25, 0.3) is 0 Å². The Morgan fingerprint density at radius 2 is 1.14 bits per heavy atom. The molecule has 3 saturated heterocycles. The van der Waals surface area contributed by atoms with Gasteiger partial charge in [-0.15, -0.1) is 0 Å². The van der Waals surface area contributed by atoms with Crippen molar-refractivity contribution in [1.29, 1.82) is 0 Å². The standard InChI is InChI=1S/C57H89N11O13/c1-12-34(7)46-55(78)68-28-18-17-22-40(68)51(74)62-45(32(3)4)54(77)65(10)41(25-27-43(59)70)57(80)81-48(35(8)13-2)52(75)61-37(30-36-20-15-14-16-21-36)53(76)67-29-19-23-39(67)49(72)60-31-44(71)66(11)47(33(5)6)56(79)64(9)38(50(73)63-46)24-26-42(58)69/h14-16,20-21,32-35,37-41,45-48H,12-13,17-19,22-31H2,1-11H3,(H2,58,69)(H2,59,70)(H,60,72)(H,61,75)(H,62,74)(H,63,73)/t34-,35?,37-,38+,39+,40?,41+,45+,46+,47+,48?/m1/s1. The van der Waals surface area contributed by atoms with Crippen LogP contribution in [0.5, 0.6) is 0 Å².